The molecule has 114 valence electrons. The highest BCUT2D eigenvalue weighted by atomic mass is 32.1. The minimum absolute atomic E-state index is 0.592. The standard InChI is InChI=1S/C17H24N2OS/c1-17(2,20)13-19-9-7-18(8-10-19)11-14-12-21-16-6-4-3-5-15(14)16/h3-6,12,20H,7-11,13H2,1-2H3. The number of benzene rings is 1. The van der Waals surface area contributed by atoms with Crippen molar-refractivity contribution >= 4 is 21.4 Å². The second kappa shape index (κ2) is 6.05. The molecule has 0 aliphatic carbocycles. The van der Waals surface area contributed by atoms with Crippen molar-refractivity contribution < 1.29 is 5.11 Å². The topological polar surface area (TPSA) is 26.7 Å². The van der Waals surface area contributed by atoms with E-state index in [1.165, 1.54) is 15.6 Å². The molecule has 3 rings (SSSR count). The minimum Gasteiger partial charge on any atom is -0.389 e. The Bertz CT molecular complexity index is 594. The highest BCUT2D eigenvalue weighted by Crippen LogP contribution is 2.27. The molecule has 21 heavy (non-hydrogen) atoms. The molecule has 4 heteroatoms. The largest absolute Gasteiger partial charge is 0.389 e. The van der Waals surface area contributed by atoms with Crippen LogP contribution >= 0.6 is 11.3 Å². The van der Waals surface area contributed by atoms with E-state index in [9.17, 15) is 5.11 Å². The van der Waals surface area contributed by atoms with E-state index >= 15 is 0 Å². The molecule has 0 atom stereocenters. The van der Waals surface area contributed by atoms with Crippen LogP contribution in [0.2, 0.25) is 0 Å². The van der Waals surface area contributed by atoms with E-state index in [1.54, 1.807) is 0 Å². The number of nitrogens with zero attached hydrogens (tertiary/aromatic N) is 2. The number of hydrogen-bond donors (Lipinski definition) is 1. The molecule has 1 aliphatic heterocycles. The predicted molar refractivity (Wildman–Crippen MR) is 89.8 cm³/mol. The van der Waals surface area contributed by atoms with Gasteiger partial charge in [-0.05, 0) is 36.2 Å². The maximum Gasteiger partial charge on any atom is 0.0718 e. The Hall–Kier alpha value is -0.940. The molecule has 0 bridgehead atoms. The lowest BCUT2D eigenvalue weighted by molar-refractivity contribution is 0.0167. The molecule has 1 aliphatic rings. The molecule has 0 unspecified atom stereocenters. The number of piperazine rings is 1. The molecule has 2 heterocycles. The van der Waals surface area contributed by atoms with Crippen LogP contribution in [0.15, 0.2) is 29.6 Å². The van der Waals surface area contributed by atoms with Gasteiger partial charge in [0.2, 0.25) is 0 Å². The lowest BCUT2D eigenvalue weighted by atomic mass is 10.1. The quantitative estimate of drug-likeness (QED) is 0.941. The summed E-state index contributed by atoms with van der Waals surface area (Å²) >= 11 is 1.84. The number of thiophene rings is 1. The second-order valence-electron chi connectivity index (χ2n) is 6.62. The van der Waals surface area contributed by atoms with Gasteiger partial charge in [-0.1, -0.05) is 18.2 Å². The summed E-state index contributed by atoms with van der Waals surface area (Å²) in [5.74, 6) is 0. The normalized spacial score (nSPS) is 18.4. The van der Waals surface area contributed by atoms with Gasteiger partial charge in [-0.2, -0.15) is 0 Å². The Kier molecular flexibility index (Phi) is 4.31. The zero-order valence-corrected chi connectivity index (χ0v) is 13.7. The monoisotopic (exact) mass is 304 g/mol. The summed E-state index contributed by atoms with van der Waals surface area (Å²) < 4.78 is 1.38. The molecule has 1 saturated heterocycles. The Morgan fingerprint density at radius 3 is 2.48 bits per heavy atom. The van der Waals surface area contributed by atoms with Crippen molar-refractivity contribution in [1.82, 2.24) is 9.80 Å². The van der Waals surface area contributed by atoms with Crippen LogP contribution in [0, 0.1) is 0 Å². The third kappa shape index (κ3) is 3.83. The maximum absolute atomic E-state index is 9.91. The van der Waals surface area contributed by atoms with Crippen molar-refractivity contribution in [1.29, 1.82) is 0 Å². The minimum atomic E-state index is -0.592. The van der Waals surface area contributed by atoms with Gasteiger partial charge < -0.3 is 5.11 Å². The zero-order valence-electron chi connectivity index (χ0n) is 12.9. The first-order valence-electron chi connectivity index (χ1n) is 7.63. The van der Waals surface area contributed by atoms with E-state index in [1.807, 2.05) is 25.2 Å². The third-order valence-corrected chi connectivity index (χ3v) is 5.04. The first-order chi connectivity index (χ1) is 10.0. The van der Waals surface area contributed by atoms with Gasteiger partial charge in [0.05, 0.1) is 5.60 Å². The van der Waals surface area contributed by atoms with E-state index in [-0.39, 0.29) is 0 Å². The molecule has 1 N–H and O–H groups in total. The Balaban J connectivity index is 1.58. The fraction of sp³-hybridized carbons (Fsp3) is 0.529. The Morgan fingerprint density at radius 1 is 1.10 bits per heavy atom. The van der Waals surface area contributed by atoms with Gasteiger partial charge >= 0.3 is 0 Å². The number of hydrogen-bond acceptors (Lipinski definition) is 4. The first-order valence-corrected chi connectivity index (χ1v) is 8.51. The van der Waals surface area contributed by atoms with Gasteiger partial charge in [-0.15, -0.1) is 11.3 Å². The van der Waals surface area contributed by atoms with Gasteiger partial charge in [0.25, 0.3) is 0 Å². The molecule has 3 nitrogen and oxygen atoms in total. The van der Waals surface area contributed by atoms with E-state index < -0.39 is 5.60 Å². The van der Waals surface area contributed by atoms with Crippen LogP contribution in [0.4, 0.5) is 0 Å². The van der Waals surface area contributed by atoms with Crippen LogP contribution in [-0.2, 0) is 6.54 Å². The van der Waals surface area contributed by atoms with Crippen molar-refractivity contribution in [2.75, 3.05) is 32.7 Å². The smallest absolute Gasteiger partial charge is 0.0718 e. The van der Waals surface area contributed by atoms with Crippen LogP contribution in [0.5, 0.6) is 0 Å². The molecular weight excluding hydrogens is 280 g/mol. The van der Waals surface area contributed by atoms with Gasteiger partial charge in [0, 0.05) is 44.0 Å². The van der Waals surface area contributed by atoms with Crippen LogP contribution in [0.1, 0.15) is 19.4 Å². The Morgan fingerprint density at radius 2 is 1.76 bits per heavy atom. The van der Waals surface area contributed by atoms with E-state index in [0.717, 1.165) is 39.3 Å². The molecule has 1 aromatic carbocycles. The molecule has 1 aromatic heterocycles. The fourth-order valence-corrected chi connectivity index (χ4v) is 4.00. The summed E-state index contributed by atoms with van der Waals surface area (Å²) in [6, 6.07) is 8.66. The predicted octanol–water partition coefficient (Wildman–Crippen LogP) is 2.79. The fourth-order valence-electron chi connectivity index (χ4n) is 3.05. The molecular formula is C17H24N2OS. The average Bonchev–Trinajstić information content (AvgIpc) is 2.83. The summed E-state index contributed by atoms with van der Waals surface area (Å²) in [7, 11) is 0. The van der Waals surface area contributed by atoms with Crippen molar-refractivity contribution in [3.63, 3.8) is 0 Å². The van der Waals surface area contributed by atoms with E-state index in [0.29, 0.717) is 0 Å². The van der Waals surface area contributed by atoms with Crippen LogP contribution in [-0.4, -0.2) is 53.2 Å². The maximum atomic E-state index is 9.91. The number of fused-ring (bicyclic) bond motifs is 1. The van der Waals surface area contributed by atoms with E-state index in [2.05, 4.69) is 39.4 Å². The summed E-state index contributed by atoms with van der Waals surface area (Å²) in [4.78, 5) is 4.89. The lowest BCUT2D eigenvalue weighted by Crippen LogP contribution is -2.50. The second-order valence-corrected chi connectivity index (χ2v) is 7.53. The third-order valence-electron chi connectivity index (χ3n) is 4.03. The van der Waals surface area contributed by atoms with Crippen molar-refractivity contribution in [2.45, 2.75) is 26.0 Å². The number of rotatable bonds is 4. The summed E-state index contributed by atoms with van der Waals surface area (Å²) in [6.45, 7) is 9.84. The first kappa shape index (κ1) is 15.0. The van der Waals surface area contributed by atoms with Gasteiger partial charge in [0.15, 0.2) is 0 Å². The van der Waals surface area contributed by atoms with Crippen molar-refractivity contribution in [3.05, 3.63) is 35.2 Å². The van der Waals surface area contributed by atoms with Gasteiger partial charge in [0.1, 0.15) is 0 Å². The zero-order chi connectivity index (χ0) is 14.9. The number of aliphatic hydroxyl groups is 1. The molecule has 0 amide bonds. The summed E-state index contributed by atoms with van der Waals surface area (Å²) in [6.07, 6.45) is 0. The van der Waals surface area contributed by atoms with Gasteiger partial charge in [-0.3, -0.25) is 9.80 Å². The molecule has 2 aromatic rings. The van der Waals surface area contributed by atoms with Crippen molar-refractivity contribution in [3.8, 4) is 0 Å². The lowest BCUT2D eigenvalue weighted by Gasteiger charge is -2.37. The van der Waals surface area contributed by atoms with Crippen molar-refractivity contribution in [2.24, 2.45) is 0 Å². The van der Waals surface area contributed by atoms with Crippen LogP contribution < -0.4 is 0 Å². The highest BCUT2D eigenvalue weighted by Gasteiger charge is 2.23. The molecule has 1 fully saturated rings. The van der Waals surface area contributed by atoms with Crippen LogP contribution in [0.25, 0.3) is 10.1 Å². The number of β-amino-alcohol motifs (C(OH)–C–C–N with tert-alkyl or cyclic N) is 1. The van der Waals surface area contributed by atoms with E-state index in [4.69, 9.17) is 0 Å². The molecule has 0 spiro atoms. The van der Waals surface area contributed by atoms with Gasteiger partial charge in [-0.25, -0.2) is 0 Å². The Labute approximate surface area is 130 Å². The molecule has 0 radical (unpaired) electrons. The highest BCUT2D eigenvalue weighted by molar-refractivity contribution is 7.17. The molecule has 0 saturated carbocycles. The summed E-state index contributed by atoms with van der Waals surface area (Å²) in [5, 5.41) is 13.6. The van der Waals surface area contributed by atoms with Crippen LogP contribution in [0.3, 0.4) is 0 Å². The average molecular weight is 304 g/mol. The summed E-state index contributed by atoms with van der Waals surface area (Å²) in [5.41, 5.74) is 0.859. The SMILES string of the molecule is CC(C)(O)CN1CCN(Cc2csc3ccccc23)CC1.